The molecule has 2 aliphatic rings. The fourth-order valence-electron chi connectivity index (χ4n) is 3.78. The van der Waals surface area contributed by atoms with Gasteiger partial charge in [0.25, 0.3) is 0 Å². The number of hydrogen-bond acceptors (Lipinski definition) is 6. The number of alkyl halides is 3. The van der Waals surface area contributed by atoms with Gasteiger partial charge in [0.1, 0.15) is 5.82 Å². The van der Waals surface area contributed by atoms with Gasteiger partial charge in [0.15, 0.2) is 5.82 Å². The molecule has 1 atom stereocenters. The zero-order valence-corrected chi connectivity index (χ0v) is 17.4. The average molecular weight is 473 g/mol. The Morgan fingerprint density at radius 3 is 2.33 bits per heavy atom. The van der Waals surface area contributed by atoms with E-state index in [2.05, 4.69) is 14.9 Å². The topological polar surface area (TPSA) is 89.9 Å². The van der Waals surface area contributed by atoms with Gasteiger partial charge < -0.3 is 14.9 Å². The molecule has 33 heavy (non-hydrogen) atoms. The third-order valence-electron chi connectivity index (χ3n) is 5.52. The Hall–Kier alpha value is -3.35. The van der Waals surface area contributed by atoms with E-state index in [0.717, 1.165) is 18.8 Å². The van der Waals surface area contributed by atoms with Crippen LogP contribution in [0.1, 0.15) is 6.42 Å². The predicted octanol–water partition coefficient (Wildman–Crippen LogP) is 2.32. The molecule has 1 amide bonds. The van der Waals surface area contributed by atoms with Crippen LogP contribution in [-0.4, -0.2) is 76.8 Å². The van der Waals surface area contributed by atoms with Crippen molar-refractivity contribution in [3.63, 3.8) is 0 Å². The molecule has 2 aliphatic heterocycles. The monoisotopic (exact) mass is 473 g/mol. The molecule has 8 nitrogen and oxygen atoms in total. The number of benzene rings is 1. The van der Waals surface area contributed by atoms with Gasteiger partial charge in [-0.2, -0.15) is 13.2 Å². The van der Waals surface area contributed by atoms with E-state index < -0.39 is 18.0 Å². The van der Waals surface area contributed by atoms with Crippen molar-refractivity contribution < 1.29 is 36.6 Å². The van der Waals surface area contributed by atoms with Gasteiger partial charge in [-0.05, 0) is 31.7 Å². The van der Waals surface area contributed by atoms with Crippen LogP contribution in [0.2, 0.25) is 0 Å². The summed E-state index contributed by atoms with van der Waals surface area (Å²) < 4.78 is 58.4. The van der Waals surface area contributed by atoms with Crippen LogP contribution < -0.4 is 9.80 Å². The van der Waals surface area contributed by atoms with E-state index in [0.29, 0.717) is 31.3 Å². The maximum atomic E-state index is 13.6. The van der Waals surface area contributed by atoms with Crippen LogP contribution in [0.25, 0.3) is 0 Å². The third-order valence-corrected chi connectivity index (χ3v) is 5.52. The molecule has 2 aromatic rings. The minimum absolute atomic E-state index is 0.0554. The zero-order valence-electron chi connectivity index (χ0n) is 17.4. The van der Waals surface area contributed by atoms with E-state index in [9.17, 15) is 26.7 Å². The molecule has 0 aliphatic carbocycles. The van der Waals surface area contributed by atoms with E-state index in [1.807, 2.05) is 11.9 Å². The van der Waals surface area contributed by atoms with Crippen LogP contribution in [-0.2, 0) is 9.59 Å². The van der Waals surface area contributed by atoms with Gasteiger partial charge in [-0.15, -0.1) is 0 Å². The minimum atomic E-state index is -5.08. The summed E-state index contributed by atoms with van der Waals surface area (Å²) in [6.45, 7) is 2.05. The molecule has 2 saturated heterocycles. The molecular formula is C20H20F5N5O3. The number of carbonyl (C=O) groups is 2. The van der Waals surface area contributed by atoms with Crippen LogP contribution in [0.3, 0.4) is 0 Å². The first kappa shape index (κ1) is 24.3. The summed E-state index contributed by atoms with van der Waals surface area (Å²) in [6, 6.07) is 6.10. The largest absolute Gasteiger partial charge is 0.490 e. The van der Waals surface area contributed by atoms with Crippen molar-refractivity contribution in [3.8, 4) is 0 Å². The first-order chi connectivity index (χ1) is 15.4. The van der Waals surface area contributed by atoms with Crippen molar-refractivity contribution >= 4 is 23.5 Å². The smallest absolute Gasteiger partial charge is 0.475 e. The number of carbonyl (C=O) groups excluding carboxylic acids is 1. The number of anilines is 2. The molecule has 1 N–H and O–H groups in total. The summed E-state index contributed by atoms with van der Waals surface area (Å²) in [5.74, 6) is -3.17. The van der Waals surface area contributed by atoms with Crippen molar-refractivity contribution in [1.82, 2.24) is 14.9 Å². The molecule has 1 aromatic carbocycles. The summed E-state index contributed by atoms with van der Waals surface area (Å²) >= 11 is 0. The Bertz CT molecular complexity index is 1020. The Kier molecular flexibility index (Phi) is 6.81. The summed E-state index contributed by atoms with van der Waals surface area (Å²) in [6.07, 6.45) is -1.97. The Labute approximate surface area is 185 Å². The van der Waals surface area contributed by atoms with E-state index in [1.165, 1.54) is 12.1 Å². The normalized spacial score (nSPS) is 21.2. The van der Waals surface area contributed by atoms with Crippen molar-refractivity contribution in [2.75, 3.05) is 43.0 Å². The highest BCUT2D eigenvalue weighted by Gasteiger charge is 2.48. The van der Waals surface area contributed by atoms with Gasteiger partial charge in [0.2, 0.25) is 11.9 Å². The number of carboxylic acid groups (broad SMARTS) is 1. The lowest BCUT2D eigenvalue weighted by Gasteiger charge is -2.46. The molecule has 0 bridgehead atoms. The summed E-state index contributed by atoms with van der Waals surface area (Å²) in [4.78, 5) is 35.2. The quantitative estimate of drug-likeness (QED) is 0.670. The molecule has 178 valence electrons. The fraction of sp³-hybridized carbons (Fsp3) is 0.400. The number of amides is 1. The van der Waals surface area contributed by atoms with Gasteiger partial charge in [-0.25, -0.2) is 23.5 Å². The van der Waals surface area contributed by atoms with Crippen molar-refractivity contribution in [3.05, 3.63) is 48.3 Å². The number of nitrogens with zero attached hydrogens (tertiary/aromatic N) is 5. The maximum absolute atomic E-state index is 13.6. The van der Waals surface area contributed by atoms with Gasteiger partial charge in [-0.3, -0.25) is 9.69 Å². The molecule has 3 heterocycles. The van der Waals surface area contributed by atoms with Crippen molar-refractivity contribution in [1.29, 1.82) is 0 Å². The molecule has 1 aromatic heterocycles. The van der Waals surface area contributed by atoms with Crippen molar-refractivity contribution in [2.45, 2.75) is 18.1 Å². The van der Waals surface area contributed by atoms with E-state index in [4.69, 9.17) is 9.90 Å². The highest BCUT2D eigenvalue weighted by molar-refractivity contribution is 5.96. The first-order valence-electron chi connectivity index (χ1n) is 9.71. The Morgan fingerprint density at radius 1 is 1.12 bits per heavy atom. The molecule has 1 spiro atoms. The highest BCUT2D eigenvalue weighted by Crippen LogP contribution is 2.34. The lowest BCUT2D eigenvalue weighted by atomic mass is 9.92. The maximum Gasteiger partial charge on any atom is 0.490 e. The second-order valence-corrected chi connectivity index (χ2v) is 7.72. The highest BCUT2D eigenvalue weighted by atomic mass is 19.4. The lowest BCUT2D eigenvalue weighted by Crippen LogP contribution is -2.64. The van der Waals surface area contributed by atoms with E-state index >= 15 is 0 Å². The van der Waals surface area contributed by atoms with Crippen LogP contribution >= 0.6 is 0 Å². The summed E-state index contributed by atoms with van der Waals surface area (Å²) in [5, 5.41) is 7.12. The zero-order chi connectivity index (χ0) is 24.4. The molecule has 4 rings (SSSR count). The standard InChI is InChI=1S/C18H19F2N5O.C2HF3O2/c1-23-10-16(26)25(15-4-2-3-13(19)7-15)12-18(23)5-6-24(11-18)17-21-8-14(20)9-22-17;3-2(4,5)1(6)7/h2-4,7-9H,5-6,10-12H2,1H3;(H,6,7). The SMILES string of the molecule is CN1CC(=O)N(c2cccc(F)c2)CC12CCN(c1ncc(F)cn1)C2.O=C(O)C(F)(F)F. The third kappa shape index (κ3) is 5.53. The van der Waals surface area contributed by atoms with Crippen LogP contribution in [0, 0.1) is 11.6 Å². The Morgan fingerprint density at radius 2 is 1.76 bits per heavy atom. The number of halogens is 5. The second-order valence-electron chi connectivity index (χ2n) is 7.72. The van der Waals surface area contributed by atoms with Gasteiger partial charge in [-0.1, -0.05) is 6.07 Å². The summed E-state index contributed by atoms with van der Waals surface area (Å²) in [7, 11) is 1.93. The van der Waals surface area contributed by atoms with E-state index in [1.54, 1.807) is 17.0 Å². The minimum Gasteiger partial charge on any atom is -0.475 e. The molecule has 0 radical (unpaired) electrons. The van der Waals surface area contributed by atoms with Crippen molar-refractivity contribution in [2.24, 2.45) is 0 Å². The van der Waals surface area contributed by atoms with Gasteiger partial charge >= 0.3 is 12.1 Å². The van der Waals surface area contributed by atoms with Crippen LogP contribution in [0.5, 0.6) is 0 Å². The predicted molar refractivity (Wildman–Crippen MR) is 107 cm³/mol. The number of likely N-dealkylation sites (N-methyl/N-ethyl adjacent to an activating group) is 1. The second kappa shape index (κ2) is 9.25. The van der Waals surface area contributed by atoms with Gasteiger partial charge in [0.05, 0.1) is 24.5 Å². The molecule has 0 saturated carbocycles. The molecule has 13 heteroatoms. The van der Waals surface area contributed by atoms with E-state index in [-0.39, 0.29) is 23.8 Å². The average Bonchev–Trinajstić information content (AvgIpc) is 3.16. The van der Waals surface area contributed by atoms with Crippen LogP contribution in [0.15, 0.2) is 36.7 Å². The number of carboxylic acids is 1. The lowest BCUT2D eigenvalue weighted by molar-refractivity contribution is -0.192. The fourth-order valence-corrected chi connectivity index (χ4v) is 3.78. The number of rotatable bonds is 2. The Balaban J connectivity index is 0.000000383. The molecular weight excluding hydrogens is 453 g/mol. The number of piperazine rings is 1. The van der Waals surface area contributed by atoms with Crippen LogP contribution in [0.4, 0.5) is 33.6 Å². The number of aromatic nitrogens is 2. The molecule has 1 unspecified atom stereocenters. The van der Waals surface area contributed by atoms with Gasteiger partial charge in [0, 0.05) is 25.3 Å². The number of aliphatic carboxylic acids is 1. The first-order valence-corrected chi connectivity index (χ1v) is 9.71. The summed E-state index contributed by atoms with van der Waals surface area (Å²) in [5.41, 5.74) is 0.289. The molecule has 2 fully saturated rings. The number of hydrogen-bond donors (Lipinski definition) is 1.